The number of carbonyl (C=O) groups is 2. The zero-order valence-corrected chi connectivity index (χ0v) is 16.9. The van der Waals surface area contributed by atoms with Crippen LogP contribution < -0.4 is 11.1 Å². The van der Waals surface area contributed by atoms with Crippen LogP contribution in [0.15, 0.2) is 60.7 Å². The molecule has 0 unspecified atom stereocenters. The Morgan fingerprint density at radius 2 is 1.36 bits per heavy atom. The minimum atomic E-state index is -5.03. The molecule has 4 nitrogen and oxygen atoms in total. The third-order valence-corrected chi connectivity index (χ3v) is 4.94. The number of halogens is 6. The molecule has 174 valence electrons. The minimum Gasteiger partial charge on any atom is -0.368 e. The molecule has 0 saturated carbocycles. The molecule has 33 heavy (non-hydrogen) atoms. The Labute approximate surface area is 184 Å². The van der Waals surface area contributed by atoms with Crippen LogP contribution in [0.4, 0.5) is 26.3 Å². The first-order valence-corrected chi connectivity index (χ1v) is 9.67. The second-order valence-electron chi connectivity index (χ2n) is 7.50. The van der Waals surface area contributed by atoms with E-state index in [0.717, 1.165) is 10.8 Å². The fourth-order valence-electron chi connectivity index (χ4n) is 3.38. The molecule has 3 aromatic rings. The second-order valence-corrected chi connectivity index (χ2v) is 7.50. The maximum absolute atomic E-state index is 13.0. The molecule has 10 heteroatoms. The first kappa shape index (κ1) is 24.1. The smallest absolute Gasteiger partial charge is 0.368 e. The van der Waals surface area contributed by atoms with Crippen LogP contribution in [0.3, 0.4) is 0 Å². The zero-order chi connectivity index (χ0) is 24.4. The van der Waals surface area contributed by atoms with E-state index < -0.39 is 53.3 Å². The number of rotatable bonds is 6. The molecule has 1 atom stereocenters. The summed E-state index contributed by atoms with van der Waals surface area (Å²) in [6.45, 7) is 0. The average molecular weight is 468 g/mol. The molecule has 3 aromatic carbocycles. The maximum Gasteiger partial charge on any atom is 0.416 e. The fraction of sp³-hybridized carbons (Fsp3) is 0.217. The Morgan fingerprint density at radius 3 is 1.91 bits per heavy atom. The van der Waals surface area contributed by atoms with Gasteiger partial charge in [-0.15, -0.1) is 0 Å². The van der Waals surface area contributed by atoms with Crippen LogP contribution in [0.5, 0.6) is 0 Å². The standard InChI is InChI=1S/C23H18F6N2O2/c24-22(25,26)17-8-14(9-18(12-17)23(27,28)29)11-20(32)31-19(21(30)33)10-13-5-6-15-3-1-2-4-16(15)7-13/h1-9,12,19H,10-11H2,(H2,30,33)(H,31,32)/t19-/m0/s1. The van der Waals surface area contributed by atoms with Gasteiger partial charge in [0.25, 0.3) is 0 Å². The van der Waals surface area contributed by atoms with E-state index in [1.54, 1.807) is 12.1 Å². The van der Waals surface area contributed by atoms with Gasteiger partial charge in [-0.25, -0.2) is 0 Å². The van der Waals surface area contributed by atoms with Gasteiger partial charge in [0, 0.05) is 6.42 Å². The van der Waals surface area contributed by atoms with Crippen LogP contribution in [-0.2, 0) is 34.8 Å². The van der Waals surface area contributed by atoms with Crippen molar-refractivity contribution in [3.05, 3.63) is 82.9 Å². The van der Waals surface area contributed by atoms with Crippen molar-refractivity contribution < 1.29 is 35.9 Å². The van der Waals surface area contributed by atoms with E-state index in [4.69, 9.17) is 5.73 Å². The van der Waals surface area contributed by atoms with Crippen LogP contribution in [0.25, 0.3) is 10.8 Å². The molecule has 3 rings (SSSR count). The lowest BCUT2D eigenvalue weighted by Crippen LogP contribution is -2.46. The van der Waals surface area contributed by atoms with Crippen molar-refractivity contribution in [2.24, 2.45) is 5.73 Å². The molecule has 0 fully saturated rings. The Morgan fingerprint density at radius 1 is 0.788 bits per heavy atom. The molecule has 2 amide bonds. The summed E-state index contributed by atoms with van der Waals surface area (Å²) < 4.78 is 78.1. The van der Waals surface area contributed by atoms with Crippen LogP contribution in [0, 0.1) is 0 Å². The predicted molar refractivity (Wildman–Crippen MR) is 109 cm³/mol. The van der Waals surface area contributed by atoms with Gasteiger partial charge in [-0.3, -0.25) is 9.59 Å². The number of alkyl halides is 6. The minimum absolute atomic E-state index is 0.00228. The molecule has 0 spiro atoms. The molecular weight excluding hydrogens is 450 g/mol. The quantitative estimate of drug-likeness (QED) is 0.518. The van der Waals surface area contributed by atoms with Gasteiger partial charge in [0.15, 0.2) is 0 Å². The van der Waals surface area contributed by atoms with E-state index in [1.807, 2.05) is 30.3 Å². The Balaban J connectivity index is 1.79. The zero-order valence-electron chi connectivity index (χ0n) is 16.9. The number of amides is 2. The summed E-state index contributed by atoms with van der Waals surface area (Å²) in [6.07, 6.45) is -10.9. The molecule has 0 heterocycles. The van der Waals surface area contributed by atoms with E-state index in [1.165, 1.54) is 0 Å². The number of hydrogen-bond donors (Lipinski definition) is 2. The van der Waals surface area contributed by atoms with E-state index in [0.29, 0.717) is 17.7 Å². The van der Waals surface area contributed by atoms with E-state index >= 15 is 0 Å². The summed E-state index contributed by atoms with van der Waals surface area (Å²) >= 11 is 0. The molecule has 0 aliphatic heterocycles. The van der Waals surface area contributed by atoms with Crippen molar-refractivity contribution in [1.29, 1.82) is 0 Å². The largest absolute Gasteiger partial charge is 0.416 e. The monoisotopic (exact) mass is 468 g/mol. The van der Waals surface area contributed by atoms with Crippen molar-refractivity contribution in [3.63, 3.8) is 0 Å². The number of nitrogens with one attached hydrogen (secondary N) is 1. The highest BCUT2D eigenvalue weighted by Gasteiger charge is 2.37. The second kappa shape index (κ2) is 9.13. The molecule has 3 N–H and O–H groups in total. The highest BCUT2D eigenvalue weighted by atomic mass is 19.4. The SMILES string of the molecule is NC(=O)[C@H](Cc1ccc2ccccc2c1)NC(=O)Cc1cc(C(F)(F)F)cc(C(F)(F)F)c1. The molecule has 0 saturated heterocycles. The summed E-state index contributed by atoms with van der Waals surface area (Å²) in [5, 5.41) is 4.13. The number of hydrogen-bond acceptors (Lipinski definition) is 2. The van der Waals surface area contributed by atoms with Crippen LogP contribution in [0.2, 0.25) is 0 Å². The highest BCUT2D eigenvalue weighted by Crippen LogP contribution is 2.36. The van der Waals surface area contributed by atoms with Gasteiger partial charge >= 0.3 is 12.4 Å². The molecule has 0 bridgehead atoms. The van der Waals surface area contributed by atoms with Crippen molar-refractivity contribution in [2.45, 2.75) is 31.2 Å². The average Bonchev–Trinajstić information content (AvgIpc) is 2.71. The number of benzene rings is 3. The lowest BCUT2D eigenvalue weighted by molar-refractivity contribution is -0.143. The number of carbonyl (C=O) groups excluding carboxylic acids is 2. The topological polar surface area (TPSA) is 72.2 Å². The Bertz CT molecular complexity index is 1160. The molecule has 0 radical (unpaired) electrons. The van der Waals surface area contributed by atoms with Crippen molar-refractivity contribution >= 4 is 22.6 Å². The van der Waals surface area contributed by atoms with Gasteiger partial charge in [0.2, 0.25) is 11.8 Å². The van der Waals surface area contributed by atoms with Gasteiger partial charge in [0.1, 0.15) is 6.04 Å². The van der Waals surface area contributed by atoms with Crippen molar-refractivity contribution in [3.8, 4) is 0 Å². The molecule has 0 aliphatic carbocycles. The number of primary amides is 1. The van der Waals surface area contributed by atoms with Gasteiger partial charge < -0.3 is 11.1 Å². The normalized spacial score (nSPS) is 13.0. The van der Waals surface area contributed by atoms with E-state index in [9.17, 15) is 35.9 Å². The van der Waals surface area contributed by atoms with Crippen molar-refractivity contribution in [2.75, 3.05) is 0 Å². The van der Waals surface area contributed by atoms with Gasteiger partial charge in [-0.2, -0.15) is 26.3 Å². The Hall–Kier alpha value is -3.56. The number of nitrogens with two attached hydrogens (primary N) is 1. The summed E-state index contributed by atoms with van der Waals surface area (Å²) in [7, 11) is 0. The van der Waals surface area contributed by atoms with Gasteiger partial charge in [-0.1, -0.05) is 42.5 Å². The molecule has 0 aliphatic rings. The Kier molecular flexibility index (Phi) is 6.66. The lowest BCUT2D eigenvalue weighted by Gasteiger charge is -2.17. The summed E-state index contributed by atoms with van der Waals surface area (Å²) in [4.78, 5) is 24.2. The summed E-state index contributed by atoms with van der Waals surface area (Å²) in [6, 6.07) is 12.5. The third kappa shape index (κ3) is 6.24. The fourth-order valence-corrected chi connectivity index (χ4v) is 3.38. The van der Waals surface area contributed by atoms with Crippen LogP contribution >= 0.6 is 0 Å². The van der Waals surface area contributed by atoms with E-state index in [2.05, 4.69) is 5.32 Å². The van der Waals surface area contributed by atoms with Crippen LogP contribution in [-0.4, -0.2) is 17.9 Å². The first-order chi connectivity index (χ1) is 15.3. The third-order valence-electron chi connectivity index (χ3n) is 4.94. The molecule has 0 aromatic heterocycles. The lowest BCUT2D eigenvalue weighted by atomic mass is 10.00. The van der Waals surface area contributed by atoms with E-state index in [-0.39, 0.29) is 12.5 Å². The van der Waals surface area contributed by atoms with Crippen LogP contribution in [0.1, 0.15) is 22.3 Å². The molecular formula is C23H18F6N2O2. The van der Waals surface area contributed by atoms with Gasteiger partial charge in [-0.05, 0) is 40.1 Å². The maximum atomic E-state index is 13.0. The summed E-state index contributed by atoms with van der Waals surface area (Å²) in [5.41, 5.74) is 2.47. The first-order valence-electron chi connectivity index (χ1n) is 9.67. The number of fused-ring (bicyclic) bond motifs is 1. The summed E-state index contributed by atoms with van der Waals surface area (Å²) in [5.74, 6) is -1.83. The highest BCUT2D eigenvalue weighted by molar-refractivity contribution is 5.88. The predicted octanol–water partition coefficient (Wildman–Crippen LogP) is 4.63. The van der Waals surface area contributed by atoms with Gasteiger partial charge in [0.05, 0.1) is 17.5 Å². The van der Waals surface area contributed by atoms with Crippen molar-refractivity contribution in [1.82, 2.24) is 5.32 Å².